The first kappa shape index (κ1) is 28.6. The number of ether oxygens (including phenoxy) is 1. The van der Waals surface area contributed by atoms with Crippen molar-refractivity contribution in [2.24, 2.45) is 0 Å². The molecule has 0 aliphatic carbocycles. The summed E-state index contributed by atoms with van der Waals surface area (Å²) in [6, 6.07) is 0. The van der Waals surface area contributed by atoms with Gasteiger partial charge >= 0.3 is 7.60 Å². The van der Waals surface area contributed by atoms with Crippen molar-refractivity contribution in [3.8, 4) is 0 Å². The molecule has 0 heterocycles. The smallest absolute Gasteiger partial charge is 0.356 e. The number of hydrogen-bond acceptors (Lipinski definition) is 8. The fourth-order valence-electron chi connectivity index (χ4n) is 2.94. The highest BCUT2D eigenvalue weighted by molar-refractivity contribution is 7.52. The summed E-state index contributed by atoms with van der Waals surface area (Å²) in [6.07, 6.45) is 3.97. The molecule has 6 N–H and O–H groups in total. The molecule has 0 saturated carbocycles. The highest BCUT2D eigenvalue weighted by Gasteiger charge is 2.42. The number of Topliss-reactive ketones (excluding diaryl/α,β-unsaturated/α-hetero) is 1. The Bertz CT molecular complexity index is 466. The zero-order valence-electron chi connectivity index (χ0n) is 17.1. The molecule has 0 aromatic heterocycles. The Morgan fingerprint density at radius 3 is 1.86 bits per heavy atom. The molecule has 0 radical (unpaired) electrons. The summed E-state index contributed by atoms with van der Waals surface area (Å²) in [5.41, 5.74) is 0. The molecule has 0 aliphatic heterocycles. The van der Waals surface area contributed by atoms with Gasteiger partial charge in [-0.15, -0.1) is 0 Å². The standard InChI is InChI=1S/C18H37O10P/c1-2-3-4-5-6-7-8-9-10-11-14(21)17(16(13-20)28-23)27-18(15(22)12-19)29(24,25)26/h15-20,22-23H,2-13H2,1H3,(H2,24,25,26)/t15?,16-,17?,18?/m0/s1. The molecule has 0 aromatic rings. The average molecular weight is 444 g/mol. The van der Waals surface area contributed by atoms with E-state index in [0.29, 0.717) is 6.42 Å². The van der Waals surface area contributed by atoms with Crippen molar-refractivity contribution in [1.29, 1.82) is 0 Å². The van der Waals surface area contributed by atoms with E-state index >= 15 is 0 Å². The predicted molar refractivity (Wildman–Crippen MR) is 105 cm³/mol. The second-order valence-electron chi connectivity index (χ2n) is 7.16. The number of aliphatic hydroxyl groups is 3. The first-order chi connectivity index (χ1) is 13.7. The number of rotatable bonds is 19. The van der Waals surface area contributed by atoms with Crippen molar-refractivity contribution in [1.82, 2.24) is 0 Å². The quantitative estimate of drug-likeness (QED) is 0.0742. The maximum atomic E-state index is 12.5. The normalized spacial score (nSPS) is 16.4. The molecule has 0 fully saturated rings. The number of aliphatic hydroxyl groups excluding tert-OH is 3. The molecule has 174 valence electrons. The van der Waals surface area contributed by atoms with E-state index in [1.54, 1.807) is 0 Å². The summed E-state index contributed by atoms with van der Waals surface area (Å²) in [5, 5.41) is 36.7. The lowest BCUT2D eigenvalue weighted by molar-refractivity contribution is -0.305. The Labute approximate surface area is 171 Å². The molecule has 0 aliphatic rings. The second kappa shape index (κ2) is 16.3. The lowest BCUT2D eigenvalue weighted by atomic mass is 10.0. The Morgan fingerprint density at radius 1 is 0.931 bits per heavy atom. The van der Waals surface area contributed by atoms with Crippen LogP contribution in [0.15, 0.2) is 0 Å². The summed E-state index contributed by atoms with van der Waals surface area (Å²) in [6.45, 7) is 0.288. The third kappa shape index (κ3) is 12.1. The first-order valence-corrected chi connectivity index (χ1v) is 11.8. The van der Waals surface area contributed by atoms with Crippen LogP contribution in [0.5, 0.6) is 0 Å². The van der Waals surface area contributed by atoms with E-state index in [2.05, 4.69) is 11.8 Å². The highest BCUT2D eigenvalue weighted by atomic mass is 31.2. The van der Waals surface area contributed by atoms with Gasteiger partial charge in [0, 0.05) is 6.42 Å². The lowest BCUT2D eigenvalue weighted by Crippen LogP contribution is -2.46. The molecule has 10 nitrogen and oxygen atoms in total. The maximum absolute atomic E-state index is 12.5. The summed E-state index contributed by atoms with van der Waals surface area (Å²) in [4.78, 5) is 35.1. The molecule has 0 bridgehead atoms. The largest absolute Gasteiger partial charge is 0.394 e. The molecule has 0 amide bonds. The van der Waals surface area contributed by atoms with Crippen LogP contribution in [0.2, 0.25) is 0 Å². The SMILES string of the molecule is CCCCCCCCCCCC(=O)C(OC(C(O)CO)P(=O)(O)O)[C@H](CO)OO. The number of unbranched alkanes of at least 4 members (excludes halogenated alkanes) is 8. The molecule has 0 aromatic carbocycles. The van der Waals surface area contributed by atoms with Gasteiger partial charge in [0.15, 0.2) is 11.6 Å². The van der Waals surface area contributed by atoms with Crippen molar-refractivity contribution in [2.75, 3.05) is 13.2 Å². The zero-order valence-corrected chi connectivity index (χ0v) is 18.0. The Morgan fingerprint density at radius 2 is 1.45 bits per heavy atom. The van der Waals surface area contributed by atoms with E-state index in [4.69, 9.17) is 15.1 Å². The number of carbonyl (C=O) groups excluding carboxylic acids is 1. The predicted octanol–water partition coefficient (Wildman–Crippen LogP) is 1.57. The number of ketones is 1. The molecule has 4 atom stereocenters. The van der Waals surface area contributed by atoms with Crippen LogP contribution >= 0.6 is 7.60 Å². The van der Waals surface area contributed by atoms with Crippen LogP contribution in [0.3, 0.4) is 0 Å². The minimum atomic E-state index is -5.06. The van der Waals surface area contributed by atoms with E-state index in [1.807, 2.05) is 0 Å². The Kier molecular flexibility index (Phi) is 16.1. The van der Waals surface area contributed by atoms with Crippen molar-refractivity contribution in [3.05, 3.63) is 0 Å². The third-order valence-electron chi connectivity index (χ3n) is 4.63. The number of carbonyl (C=O) groups is 1. The average Bonchev–Trinajstić information content (AvgIpc) is 2.68. The van der Waals surface area contributed by atoms with Crippen molar-refractivity contribution >= 4 is 13.4 Å². The fraction of sp³-hybridized carbons (Fsp3) is 0.944. The molecular weight excluding hydrogens is 407 g/mol. The molecule has 0 rings (SSSR count). The fourth-order valence-corrected chi connectivity index (χ4v) is 3.77. The van der Waals surface area contributed by atoms with E-state index in [0.717, 1.165) is 25.7 Å². The molecule has 0 spiro atoms. The summed E-state index contributed by atoms with van der Waals surface area (Å²) in [5.74, 6) is -2.83. The van der Waals surface area contributed by atoms with Crippen LogP contribution in [0, 0.1) is 0 Å². The molecule has 0 saturated heterocycles. The first-order valence-electron chi connectivity index (χ1n) is 10.2. The maximum Gasteiger partial charge on any atom is 0.356 e. The van der Waals surface area contributed by atoms with Gasteiger partial charge in [-0.1, -0.05) is 58.3 Å². The highest BCUT2D eigenvalue weighted by Crippen LogP contribution is 2.44. The number of hydrogen-bond donors (Lipinski definition) is 6. The lowest BCUT2D eigenvalue weighted by Gasteiger charge is -2.29. The minimum absolute atomic E-state index is 0.0105. The van der Waals surface area contributed by atoms with Gasteiger partial charge in [0.1, 0.15) is 18.3 Å². The van der Waals surface area contributed by atoms with Gasteiger partial charge in [0.05, 0.1) is 13.2 Å². The van der Waals surface area contributed by atoms with Crippen molar-refractivity contribution in [2.45, 2.75) is 95.3 Å². The van der Waals surface area contributed by atoms with Crippen LogP contribution in [-0.4, -0.2) is 73.5 Å². The van der Waals surface area contributed by atoms with Crippen LogP contribution in [0.25, 0.3) is 0 Å². The van der Waals surface area contributed by atoms with Crippen molar-refractivity contribution in [3.63, 3.8) is 0 Å². The molecule has 11 heteroatoms. The van der Waals surface area contributed by atoms with Crippen LogP contribution in [0.4, 0.5) is 0 Å². The van der Waals surface area contributed by atoms with E-state index < -0.39 is 50.7 Å². The van der Waals surface area contributed by atoms with Crippen LogP contribution in [-0.2, 0) is 19.0 Å². The summed E-state index contributed by atoms with van der Waals surface area (Å²) in [7, 11) is -5.06. The van der Waals surface area contributed by atoms with Crippen LogP contribution in [0.1, 0.15) is 71.1 Å². The molecule has 3 unspecified atom stereocenters. The van der Waals surface area contributed by atoms with Gasteiger partial charge < -0.3 is 29.8 Å². The second-order valence-corrected chi connectivity index (χ2v) is 8.84. The van der Waals surface area contributed by atoms with Gasteiger partial charge in [0.25, 0.3) is 0 Å². The van der Waals surface area contributed by atoms with E-state index in [-0.39, 0.29) is 6.42 Å². The monoisotopic (exact) mass is 444 g/mol. The van der Waals surface area contributed by atoms with E-state index in [9.17, 15) is 29.4 Å². The van der Waals surface area contributed by atoms with Gasteiger partial charge in [-0.3, -0.25) is 14.6 Å². The molecule has 29 heavy (non-hydrogen) atoms. The van der Waals surface area contributed by atoms with Gasteiger partial charge in [-0.2, -0.15) is 0 Å². The summed E-state index contributed by atoms with van der Waals surface area (Å²) < 4.78 is 16.6. The minimum Gasteiger partial charge on any atom is -0.394 e. The van der Waals surface area contributed by atoms with E-state index in [1.165, 1.54) is 25.7 Å². The van der Waals surface area contributed by atoms with Gasteiger partial charge in [0.2, 0.25) is 0 Å². The third-order valence-corrected chi connectivity index (χ3v) is 5.76. The Balaban J connectivity index is 4.68. The summed E-state index contributed by atoms with van der Waals surface area (Å²) >= 11 is 0. The Hall–Kier alpha value is -0.420. The molecular formula is C18H37O10P. The zero-order chi connectivity index (χ0) is 22.3. The van der Waals surface area contributed by atoms with Gasteiger partial charge in [-0.05, 0) is 6.42 Å². The topological polar surface area (TPSA) is 174 Å². The van der Waals surface area contributed by atoms with Crippen LogP contribution < -0.4 is 0 Å². The van der Waals surface area contributed by atoms with Crippen molar-refractivity contribution < 1.29 is 49.3 Å². The van der Waals surface area contributed by atoms with Gasteiger partial charge in [-0.25, -0.2) is 4.89 Å².